The van der Waals surface area contributed by atoms with Crippen molar-refractivity contribution >= 4 is 22.6 Å². The lowest BCUT2D eigenvalue weighted by Gasteiger charge is -2.11. The van der Waals surface area contributed by atoms with Crippen LogP contribution in [0.2, 0.25) is 0 Å². The van der Waals surface area contributed by atoms with Gasteiger partial charge in [-0.3, -0.25) is 0 Å². The molecule has 1 aromatic heterocycles. The van der Waals surface area contributed by atoms with Crippen LogP contribution in [0.5, 0.6) is 0 Å². The number of halogens is 1. The molecule has 1 aromatic carbocycles. The second-order valence-corrected chi connectivity index (χ2v) is 5.11. The minimum absolute atomic E-state index is 0.418. The van der Waals surface area contributed by atoms with Gasteiger partial charge in [0.25, 0.3) is 0 Å². The molecule has 84 valence electrons. The lowest BCUT2D eigenvalue weighted by molar-refractivity contribution is 0.190. The van der Waals surface area contributed by atoms with Gasteiger partial charge in [0.05, 0.1) is 6.10 Å². The number of aromatic nitrogens is 1. The number of aliphatic hydroxyl groups is 1. The Morgan fingerprint density at radius 1 is 1.25 bits per heavy atom. The molecule has 1 unspecified atom stereocenters. The Morgan fingerprint density at radius 3 is 2.56 bits per heavy atom. The van der Waals surface area contributed by atoms with Gasteiger partial charge in [0.2, 0.25) is 0 Å². The third-order valence-electron chi connectivity index (χ3n) is 2.56. The molecule has 0 fully saturated rings. The first kappa shape index (κ1) is 11.7. The first-order valence-electron chi connectivity index (χ1n) is 5.24. The average molecular weight is 327 g/mol. The van der Waals surface area contributed by atoms with Gasteiger partial charge >= 0.3 is 0 Å². The summed E-state index contributed by atoms with van der Waals surface area (Å²) in [6, 6.07) is 12.4. The molecule has 1 atom stereocenters. The zero-order valence-corrected chi connectivity index (χ0v) is 11.3. The van der Waals surface area contributed by atoms with Crippen LogP contribution in [-0.2, 0) is 6.54 Å². The van der Waals surface area contributed by atoms with Crippen LogP contribution in [0.15, 0.2) is 42.6 Å². The lowest BCUT2D eigenvalue weighted by atomic mass is 10.2. The van der Waals surface area contributed by atoms with Crippen LogP contribution in [-0.4, -0.2) is 9.67 Å². The summed E-state index contributed by atoms with van der Waals surface area (Å²) in [5.74, 6) is 0. The third kappa shape index (κ3) is 2.65. The molecule has 3 heteroatoms. The summed E-state index contributed by atoms with van der Waals surface area (Å²) in [5.41, 5.74) is 2.21. The molecule has 16 heavy (non-hydrogen) atoms. The molecule has 0 bridgehead atoms. The fourth-order valence-corrected chi connectivity index (χ4v) is 2.10. The van der Waals surface area contributed by atoms with E-state index in [4.69, 9.17) is 0 Å². The van der Waals surface area contributed by atoms with E-state index in [2.05, 4.69) is 51.4 Å². The predicted octanol–water partition coefficient (Wildman–Crippen LogP) is 3.19. The van der Waals surface area contributed by atoms with E-state index in [1.807, 2.05) is 18.3 Å². The normalized spacial score (nSPS) is 12.7. The Labute approximate surface area is 109 Å². The highest BCUT2D eigenvalue weighted by atomic mass is 127. The van der Waals surface area contributed by atoms with Gasteiger partial charge in [0, 0.05) is 22.0 Å². The van der Waals surface area contributed by atoms with Crippen molar-refractivity contribution in [2.24, 2.45) is 0 Å². The van der Waals surface area contributed by atoms with Crippen molar-refractivity contribution in [2.75, 3.05) is 0 Å². The van der Waals surface area contributed by atoms with Gasteiger partial charge in [0.1, 0.15) is 0 Å². The largest absolute Gasteiger partial charge is 0.387 e. The Bertz CT molecular complexity index is 459. The molecule has 2 aromatic rings. The van der Waals surface area contributed by atoms with Crippen LogP contribution in [0, 0.1) is 3.57 Å². The Hall–Kier alpha value is -0.810. The standard InChI is InChI=1S/C13H14INO/c1-10(16)13-3-2-8-15(13)9-11-4-6-12(14)7-5-11/h2-8,10,16H,9H2,1H3. The van der Waals surface area contributed by atoms with Crippen molar-refractivity contribution in [1.82, 2.24) is 4.57 Å². The van der Waals surface area contributed by atoms with Gasteiger partial charge in [-0.05, 0) is 59.3 Å². The van der Waals surface area contributed by atoms with Crippen molar-refractivity contribution in [3.05, 3.63) is 57.4 Å². The van der Waals surface area contributed by atoms with Gasteiger partial charge in [0.15, 0.2) is 0 Å². The van der Waals surface area contributed by atoms with Crippen LogP contribution >= 0.6 is 22.6 Å². The Morgan fingerprint density at radius 2 is 1.94 bits per heavy atom. The van der Waals surface area contributed by atoms with Gasteiger partial charge in [-0.1, -0.05) is 12.1 Å². The molecular formula is C13H14INO. The first-order valence-corrected chi connectivity index (χ1v) is 6.32. The van der Waals surface area contributed by atoms with E-state index in [0.29, 0.717) is 0 Å². The zero-order chi connectivity index (χ0) is 11.5. The van der Waals surface area contributed by atoms with Gasteiger partial charge in [-0.2, -0.15) is 0 Å². The summed E-state index contributed by atoms with van der Waals surface area (Å²) in [5, 5.41) is 9.59. The number of aliphatic hydroxyl groups excluding tert-OH is 1. The summed E-state index contributed by atoms with van der Waals surface area (Å²) in [6.07, 6.45) is 1.58. The molecule has 1 N–H and O–H groups in total. The van der Waals surface area contributed by atoms with Gasteiger partial charge in [-0.15, -0.1) is 0 Å². The molecule has 0 radical (unpaired) electrons. The van der Waals surface area contributed by atoms with E-state index in [-0.39, 0.29) is 0 Å². The maximum atomic E-state index is 9.59. The summed E-state index contributed by atoms with van der Waals surface area (Å²) < 4.78 is 3.32. The van der Waals surface area contributed by atoms with Crippen molar-refractivity contribution in [2.45, 2.75) is 19.6 Å². The minimum atomic E-state index is -0.418. The van der Waals surface area contributed by atoms with Gasteiger partial charge in [-0.25, -0.2) is 0 Å². The Balaban J connectivity index is 2.20. The highest BCUT2D eigenvalue weighted by molar-refractivity contribution is 14.1. The molecule has 2 nitrogen and oxygen atoms in total. The molecule has 0 aliphatic carbocycles. The van der Waals surface area contributed by atoms with E-state index < -0.39 is 6.10 Å². The smallest absolute Gasteiger partial charge is 0.0911 e. The van der Waals surface area contributed by atoms with E-state index in [1.54, 1.807) is 6.92 Å². The SMILES string of the molecule is CC(O)c1cccn1Cc1ccc(I)cc1. The van der Waals surface area contributed by atoms with Crippen LogP contribution in [0.4, 0.5) is 0 Å². The minimum Gasteiger partial charge on any atom is -0.387 e. The number of hydrogen-bond acceptors (Lipinski definition) is 1. The highest BCUT2D eigenvalue weighted by Gasteiger charge is 2.06. The van der Waals surface area contributed by atoms with Gasteiger partial charge < -0.3 is 9.67 Å². The molecule has 2 rings (SSSR count). The summed E-state index contributed by atoms with van der Waals surface area (Å²) >= 11 is 2.30. The fourth-order valence-electron chi connectivity index (χ4n) is 1.74. The van der Waals surface area contributed by atoms with Crippen LogP contribution < -0.4 is 0 Å². The molecule has 0 aliphatic heterocycles. The molecular weight excluding hydrogens is 313 g/mol. The van der Waals surface area contributed by atoms with E-state index in [0.717, 1.165) is 12.2 Å². The van der Waals surface area contributed by atoms with Crippen LogP contribution in [0.25, 0.3) is 0 Å². The van der Waals surface area contributed by atoms with E-state index in [9.17, 15) is 5.11 Å². The van der Waals surface area contributed by atoms with Crippen LogP contribution in [0.3, 0.4) is 0 Å². The highest BCUT2D eigenvalue weighted by Crippen LogP contribution is 2.15. The monoisotopic (exact) mass is 327 g/mol. The number of benzene rings is 1. The maximum Gasteiger partial charge on any atom is 0.0911 e. The second-order valence-electron chi connectivity index (χ2n) is 3.86. The first-order chi connectivity index (χ1) is 7.66. The number of rotatable bonds is 3. The molecule has 0 spiro atoms. The molecule has 1 heterocycles. The molecule has 0 amide bonds. The summed E-state index contributed by atoms with van der Waals surface area (Å²) in [6.45, 7) is 2.60. The molecule has 0 saturated carbocycles. The maximum absolute atomic E-state index is 9.59. The molecule has 0 saturated heterocycles. The van der Waals surface area contributed by atoms with Crippen molar-refractivity contribution in [3.8, 4) is 0 Å². The quantitative estimate of drug-likeness (QED) is 0.861. The van der Waals surface area contributed by atoms with Crippen molar-refractivity contribution < 1.29 is 5.11 Å². The Kier molecular flexibility index (Phi) is 3.66. The third-order valence-corrected chi connectivity index (χ3v) is 3.28. The van der Waals surface area contributed by atoms with Crippen molar-refractivity contribution in [1.29, 1.82) is 0 Å². The predicted molar refractivity (Wildman–Crippen MR) is 73.3 cm³/mol. The fraction of sp³-hybridized carbons (Fsp3) is 0.231. The summed E-state index contributed by atoms with van der Waals surface area (Å²) in [4.78, 5) is 0. The lowest BCUT2D eigenvalue weighted by Crippen LogP contribution is -2.05. The number of hydrogen-bond donors (Lipinski definition) is 1. The van der Waals surface area contributed by atoms with E-state index >= 15 is 0 Å². The average Bonchev–Trinajstić information content (AvgIpc) is 2.69. The topological polar surface area (TPSA) is 25.2 Å². The van der Waals surface area contributed by atoms with Crippen LogP contribution in [0.1, 0.15) is 24.3 Å². The second kappa shape index (κ2) is 5.01. The van der Waals surface area contributed by atoms with E-state index in [1.165, 1.54) is 9.13 Å². The summed E-state index contributed by atoms with van der Waals surface area (Å²) in [7, 11) is 0. The number of nitrogens with zero attached hydrogens (tertiary/aromatic N) is 1. The zero-order valence-electron chi connectivity index (χ0n) is 9.10. The van der Waals surface area contributed by atoms with Crippen molar-refractivity contribution in [3.63, 3.8) is 0 Å². The molecule has 0 aliphatic rings.